The van der Waals surface area contributed by atoms with Crippen LogP contribution in [0.3, 0.4) is 0 Å². The summed E-state index contributed by atoms with van der Waals surface area (Å²) in [7, 11) is 0. The molecule has 0 aliphatic heterocycles. The van der Waals surface area contributed by atoms with Crippen LogP contribution in [0.2, 0.25) is 0 Å². The predicted molar refractivity (Wildman–Crippen MR) is 90.4 cm³/mol. The molecule has 0 aliphatic rings. The number of benzene rings is 2. The summed E-state index contributed by atoms with van der Waals surface area (Å²) < 4.78 is 19.1. The van der Waals surface area contributed by atoms with Gasteiger partial charge in [-0.3, -0.25) is 9.78 Å². The van der Waals surface area contributed by atoms with Gasteiger partial charge in [0.1, 0.15) is 18.2 Å². The highest BCUT2D eigenvalue weighted by molar-refractivity contribution is 5.96. The van der Waals surface area contributed by atoms with Gasteiger partial charge < -0.3 is 4.74 Å². The fourth-order valence-corrected chi connectivity index (χ4v) is 2.37. The quantitative estimate of drug-likeness (QED) is 0.641. The third kappa shape index (κ3) is 3.66. The van der Waals surface area contributed by atoms with Crippen molar-refractivity contribution in [2.45, 2.75) is 13.5 Å². The topological polar surface area (TPSA) is 39.2 Å². The van der Waals surface area contributed by atoms with Gasteiger partial charge in [-0.1, -0.05) is 18.2 Å². The molecule has 3 rings (SSSR count). The van der Waals surface area contributed by atoms with Crippen LogP contribution in [0.4, 0.5) is 4.39 Å². The van der Waals surface area contributed by atoms with E-state index in [1.807, 2.05) is 18.2 Å². The van der Waals surface area contributed by atoms with E-state index < -0.39 is 0 Å². The van der Waals surface area contributed by atoms with Crippen LogP contribution < -0.4 is 4.74 Å². The Labute approximate surface area is 139 Å². The lowest BCUT2D eigenvalue weighted by molar-refractivity contribution is 0.101. The van der Waals surface area contributed by atoms with Gasteiger partial charge >= 0.3 is 0 Å². The number of rotatable bonds is 5. The van der Waals surface area contributed by atoms with Crippen molar-refractivity contribution in [1.29, 1.82) is 0 Å². The second-order valence-corrected chi connectivity index (χ2v) is 5.38. The first kappa shape index (κ1) is 15.9. The van der Waals surface area contributed by atoms with E-state index in [1.165, 1.54) is 19.1 Å². The maximum atomic E-state index is 13.2. The zero-order chi connectivity index (χ0) is 16.9. The van der Waals surface area contributed by atoms with Crippen molar-refractivity contribution in [1.82, 2.24) is 4.98 Å². The molecule has 0 amide bonds. The van der Waals surface area contributed by atoms with Crippen LogP contribution in [0.25, 0.3) is 11.1 Å². The maximum absolute atomic E-state index is 13.2. The van der Waals surface area contributed by atoms with Gasteiger partial charge in [-0.25, -0.2) is 4.39 Å². The molecule has 0 aliphatic carbocycles. The Morgan fingerprint density at radius 1 is 1.08 bits per heavy atom. The minimum absolute atomic E-state index is 0.0327. The predicted octanol–water partition coefficient (Wildman–Crippen LogP) is 4.67. The number of hydrogen-bond donors (Lipinski definition) is 0. The SMILES string of the molecule is CC(=O)c1ccc(OCc2ccccn2)c(-c2ccc(F)cc2)c1. The fourth-order valence-electron chi connectivity index (χ4n) is 2.37. The Balaban J connectivity index is 1.95. The van der Waals surface area contributed by atoms with Gasteiger partial charge in [-0.15, -0.1) is 0 Å². The Bertz CT molecular complexity index is 845. The lowest BCUT2D eigenvalue weighted by Crippen LogP contribution is -2.00. The second-order valence-electron chi connectivity index (χ2n) is 5.38. The molecule has 120 valence electrons. The number of aromatic nitrogens is 1. The molecule has 0 bridgehead atoms. The number of hydrogen-bond acceptors (Lipinski definition) is 3. The van der Waals surface area contributed by atoms with Crippen LogP contribution in [0.15, 0.2) is 66.9 Å². The van der Waals surface area contributed by atoms with Gasteiger partial charge in [-0.05, 0) is 55.0 Å². The molecule has 3 nitrogen and oxygen atoms in total. The smallest absolute Gasteiger partial charge is 0.159 e. The number of carbonyl (C=O) groups excluding carboxylic acids is 1. The average molecular weight is 321 g/mol. The summed E-state index contributed by atoms with van der Waals surface area (Å²) in [6.07, 6.45) is 1.71. The highest BCUT2D eigenvalue weighted by atomic mass is 19.1. The van der Waals surface area contributed by atoms with Gasteiger partial charge in [0.2, 0.25) is 0 Å². The highest BCUT2D eigenvalue weighted by Crippen LogP contribution is 2.32. The Hall–Kier alpha value is -3.01. The fraction of sp³-hybridized carbons (Fsp3) is 0.100. The summed E-state index contributed by atoms with van der Waals surface area (Å²) in [4.78, 5) is 15.9. The summed E-state index contributed by atoms with van der Waals surface area (Å²) in [6.45, 7) is 1.83. The van der Waals surface area contributed by atoms with Crippen molar-refractivity contribution >= 4 is 5.78 Å². The van der Waals surface area contributed by atoms with Crippen molar-refractivity contribution in [3.63, 3.8) is 0 Å². The number of pyridine rings is 1. The number of nitrogens with zero attached hydrogens (tertiary/aromatic N) is 1. The molecular formula is C20H16FNO2. The molecule has 0 saturated heterocycles. The molecule has 1 heterocycles. The molecule has 3 aromatic rings. The number of ether oxygens (including phenoxy) is 1. The molecule has 0 spiro atoms. The monoisotopic (exact) mass is 321 g/mol. The molecule has 0 saturated carbocycles. The van der Waals surface area contributed by atoms with Crippen molar-refractivity contribution in [3.05, 3.63) is 83.9 Å². The van der Waals surface area contributed by atoms with Crippen LogP contribution in [0.1, 0.15) is 23.0 Å². The summed E-state index contributed by atoms with van der Waals surface area (Å²) in [5, 5.41) is 0. The highest BCUT2D eigenvalue weighted by Gasteiger charge is 2.11. The third-order valence-corrected chi connectivity index (χ3v) is 3.64. The molecule has 0 radical (unpaired) electrons. The van der Waals surface area contributed by atoms with E-state index in [0.29, 0.717) is 17.9 Å². The lowest BCUT2D eigenvalue weighted by Gasteiger charge is -2.13. The van der Waals surface area contributed by atoms with E-state index in [2.05, 4.69) is 4.98 Å². The molecular weight excluding hydrogens is 305 g/mol. The molecule has 1 aromatic heterocycles. The third-order valence-electron chi connectivity index (χ3n) is 3.64. The first-order valence-corrected chi connectivity index (χ1v) is 7.57. The maximum Gasteiger partial charge on any atom is 0.159 e. The number of halogens is 1. The standard InChI is InChI=1S/C20H16FNO2/c1-14(23)16-7-10-20(24-13-18-4-2-3-11-22-18)19(12-16)15-5-8-17(21)9-6-15/h2-12H,13H2,1H3. The first-order valence-electron chi connectivity index (χ1n) is 7.57. The zero-order valence-corrected chi connectivity index (χ0v) is 13.2. The van der Waals surface area contributed by atoms with E-state index in [9.17, 15) is 9.18 Å². The molecule has 0 N–H and O–H groups in total. The second kappa shape index (κ2) is 7.04. The molecule has 0 unspecified atom stereocenters. The first-order chi connectivity index (χ1) is 11.6. The van der Waals surface area contributed by atoms with Crippen LogP contribution in [-0.4, -0.2) is 10.8 Å². The number of Topliss-reactive ketones (excluding diaryl/α,β-unsaturated/α-hetero) is 1. The van der Waals surface area contributed by atoms with Crippen LogP contribution in [-0.2, 0) is 6.61 Å². The lowest BCUT2D eigenvalue weighted by atomic mass is 10.0. The summed E-state index contributed by atoms with van der Waals surface area (Å²) in [6, 6.07) is 17.0. The van der Waals surface area contributed by atoms with Crippen molar-refractivity contribution in [2.24, 2.45) is 0 Å². The van der Waals surface area contributed by atoms with Crippen molar-refractivity contribution in [3.8, 4) is 16.9 Å². The largest absolute Gasteiger partial charge is 0.487 e. The van der Waals surface area contributed by atoms with Gasteiger partial charge in [-0.2, -0.15) is 0 Å². The molecule has 0 atom stereocenters. The van der Waals surface area contributed by atoms with Crippen molar-refractivity contribution in [2.75, 3.05) is 0 Å². The average Bonchev–Trinajstić information content (AvgIpc) is 2.61. The number of carbonyl (C=O) groups is 1. The van der Waals surface area contributed by atoms with Gasteiger partial charge in [0, 0.05) is 17.3 Å². The Kier molecular flexibility index (Phi) is 4.66. The Morgan fingerprint density at radius 2 is 1.88 bits per heavy atom. The van der Waals surface area contributed by atoms with E-state index in [1.54, 1.807) is 36.5 Å². The van der Waals surface area contributed by atoms with Gasteiger partial charge in [0.25, 0.3) is 0 Å². The van der Waals surface area contributed by atoms with Crippen molar-refractivity contribution < 1.29 is 13.9 Å². The minimum atomic E-state index is -0.308. The van der Waals surface area contributed by atoms with E-state index in [-0.39, 0.29) is 11.6 Å². The molecule has 2 aromatic carbocycles. The van der Waals surface area contributed by atoms with E-state index in [0.717, 1.165) is 16.8 Å². The Morgan fingerprint density at radius 3 is 2.54 bits per heavy atom. The normalized spacial score (nSPS) is 10.4. The molecule has 0 fully saturated rings. The van der Waals surface area contributed by atoms with E-state index in [4.69, 9.17) is 4.74 Å². The number of ketones is 1. The summed E-state index contributed by atoms with van der Waals surface area (Å²) in [5.74, 6) is 0.282. The summed E-state index contributed by atoms with van der Waals surface area (Å²) in [5.41, 5.74) is 2.92. The molecule has 24 heavy (non-hydrogen) atoms. The zero-order valence-electron chi connectivity index (χ0n) is 13.2. The minimum Gasteiger partial charge on any atom is -0.487 e. The van der Waals surface area contributed by atoms with Gasteiger partial charge in [0.15, 0.2) is 5.78 Å². The van der Waals surface area contributed by atoms with Crippen LogP contribution in [0.5, 0.6) is 5.75 Å². The molecule has 4 heteroatoms. The van der Waals surface area contributed by atoms with Gasteiger partial charge in [0.05, 0.1) is 5.69 Å². The van der Waals surface area contributed by atoms with E-state index >= 15 is 0 Å². The van der Waals surface area contributed by atoms with Crippen LogP contribution >= 0.6 is 0 Å². The summed E-state index contributed by atoms with van der Waals surface area (Å²) >= 11 is 0. The van der Waals surface area contributed by atoms with Crippen LogP contribution in [0, 0.1) is 5.82 Å².